The first-order chi connectivity index (χ1) is 4.41. The third-order valence-corrected chi connectivity index (χ3v) is 1.98. The van der Waals surface area contributed by atoms with Gasteiger partial charge in [-0.15, -0.1) is 6.58 Å². The fourth-order valence-corrected chi connectivity index (χ4v) is 1.20. The molecule has 9 heavy (non-hydrogen) atoms. The van der Waals surface area contributed by atoms with E-state index in [1.807, 2.05) is 6.08 Å². The summed E-state index contributed by atoms with van der Waals surface area (Å²) in [6.07, 6.45) is 4.21. The molecule has 0 aromatic carbocycles. The molecule has 0 aliphatic carbocycles. The number of allylic oxidation sites excluding steroid dienone is 1. The van der Waals surface area contributed by atoms with Crippen molar-refractivity contribution in [1.29, 1.82) is 0 Å². The first-order valence-electron chi connectivity index (χ1n) is 3.21. The predicted molar refractivity (Wildman–Crippen MR) is 43.8 cm³/mol. The van der Waals surface area contributed by atoms with Crippen LogP contribution in [-0.4, -0.2) is 23.2 Å². The van der Waals surface area contributed by atoms with Gasteiger partial charge < -0.3 is 5.11 Å². The van der Waals surface area contributed by atoms with Gasteiger partial charge in [0.25, 0.3) is 0 Å². The maximum Gasteiger partial charge on any atom is 0.0521 e. The van der Waals surface area contributed by atoms with Gasteiger partial charge in [-0.2, -0.15) is 11.8 Å². The number of hydrogen-bond acceptors (Lipinski definition) is 2. The highest BCUT2D eigenvalue weighted by Crippen LogP contribution is 2.02. The summed E-state index contributed by atoms with van der Waals surface area (Å²) in [5.41, 5.74) is 0. The quantitative estimate of drug-likeness (QED) is 0.454. The molecule has 0 radical (unpaired) electrons. The Bertz CT molecular complexity index is 63.9. The Kier molecular flexibility index (Phi) is 8.09. The molecular formula is C7H14OS. The zero-order valence-corrected chi connectivity index (χ0v) is 6.49. The first kappa shape index (κ1) is 9.05. The number of thioether (sulfide) groups is 1. The van der Waals surface area contributed by atoms with Crippen LogP contribution in [0.1, 0.15) is 12.8 Å². The zero-order valence-electron chi connectivity index (χ0n) is 5.68. The Balaban J connectivity index is 2.66. The predicted octanol–water partition coefficient (Wildman–Crippen LogP) is 1.68. The standard InChI is InChI=1S/C7H14OS/c1-2-3-4-6-9-7-5-8/h2,8H,1,3-7H2. The second-order valence-corrected chi connectivity index (χ2v) is 2.99. The van der Waals surface area contributed by atoms with Crippen molar-refractivity contribution in [3.63, 3.8) is 0 Å². The molecule has 0 rings (SSSR count). The van der Waals surface area contributed by atoms with Crippen molar-refractivity contribution in [3.05, 3.63) is 12.7 Å². The number of rotatable bonds is 6. The first-order valence-corrected chi connectivity index (χ1v) is 4.36. The van der Waals surface area contributed by atoms with Crippen LogP contribution in [0.4, 0.5) is 0 Å². The Labute approximate surface area is 61.2 Å². The molecule has 0 bridgehead atoms. The number of unbranched alkanes of at least 4 members (excludes halogenated alkanes) is 1. The van der Waals surface area contributed by atoms with Gasteiger partial charge in [0, 0.05) is 5.75 Å². The molecule has 54 valence electrons. The molecular weight excluding hydrogens is 132 g/mol. The van der Waals surface area contributed by atoms with Crippen LogP contribution in [0.3, 0.4) is 0 Å². The second kappa shape index (κ2) is 8.05. The molecule has 0 heterocycles. The minimum atomic E-state index is 0.304. The van der Waals surface area contributed by atoms with Gasteiger partial charge in [0.1, 0.15) is 0 Å². The summed E-state index contributed by atoms with van der Waals surface area (Å²) in [5.74, 6) is 2.02. The molecule has 0 saturated heterocycles. The molecule has 1 N–H and O–H groups in total. The second-order valence-electron chi connectivity index (χ2n) is 1.77. The lowest BCUT2D eigenvalue weighted by atomic mass is 10.3. The van der Waals surface area contributed by atoms with Crippen molar-refractivity contribution >= 4 is 11.8 Å². The lowest BCUT2D eigenvalue weighted by Gasteiger charge is -1.94. The summed E-state index contributed by atoms with van der Waals surface area (Å²) in [5, 5.41) is 8.38. The fraction of sp³-hybridized carbons (Fsp3) is 0.714. The van der Waals surface area contributed by atoms with Crippen molar-refractivity contribution < 1.29 is 5.11 Å². The molecule has 0 saturated carbocycles. The van der Waals surface area contributed by atoms with E-state index in [0.717, 1.165) is 17.9 Å². The maximum absolute atomic E-state index is 8.38. The Morgan fingerprint density at radius 3 is 2.78 bits per heavy atom. The Morgan fingerprint density at radius 1 is 1.44 bits per heavy atom. The van der Waals surface area contributed by atoms with E-state index >= 15 is 0 Å². The van der Waals surface area contributed by atoms with Crippen molar-refractivity contribution in [2.75, 3.05) is 18.1 Å². The van der Waals surface area contributed by atoms with Crippen LogP contribution in [-0.2, 0) is 0 Å². The highest BCUT2D eigenvalue weighted by Gasteiger charge is 1.84. The summed E-state index contributed by atoms with van der Waals surface area (Å²) < 4.78 is 0. The Morgan fingerprint density at radius 2 is 2.22 bits per heavy atom. The van der Waals surface area contributed by atoms with Crippen molar-refractivity contribution in [2.24, 2.45) is 0 Å². The van der Waals surface area contributed by atoms with Crippen molar-refractivity contribution in [3.8, 4) is 0 Å². The summed E-state index contributed by atoms with van der Waals surface area (Å²) >= 11 is 1.80. The largest absolute Gasteiger partial charge is 0.396 e. The van der Waals surface area contributed by atoms with E-state index in [0.29, 0.717) is 6.61 Å². The van der Waals surface area contributed by atoms with Gasteiger partial charge in [-0.3, -0.25) is 0 Å². The number of hydrogen-bond donors (Lipinski definition) is 1. The normalized spacial score (nSPS) is 9.44. The van der Waals surface area contributed by atoms with Gasteiger partial charge in [-0.25, -0.2) is 0 Å². The van der Waals surface area contributed by atoms with Gasteiger partial charge in [0.2, 0.25) is 0 Å². The van der Waals surface area contributed by atoms with Crippen LogP contribution in [0.25, 0.3) is 0 Å². The minimum absolute atomic E-state index is 0.304. The average molecular weight is 146 g/mol. The SMILES string of the molecule is C=CCCCSCCO. The summed E-state index contributed by atoms with van der Waals surface area (Å²) in [4.78, 5) is 0. The summed E-state index contributed by atoms with van der Waals surface area (Å²) in [6, 6.07) is 0. The monoisotopic (exact) mass is 146 g/mol. The van der Waals surface area contributed by atoms with E-state index in [4.69, 9.17) is 5.11 Å². The summed E-state index contributed by atoms with van der Waals surface area (Å²) in [6.45, 7) is 3.92. The molecule has 2 heteroatoms. The highest BCUT2D eigenvalue weighted by molar-refractivity contribution is 7.99. The van der Waals surface area contributed by atoms with Crippen LogP contribution < -0.4 is 0 Å². The van der Waals surface area contributed by atoms with E-state index in [2.05, 4.69) is 6.58 Å². The van der Waals surface area contributed by atoms with Gasteiger partial charge in [-0.05, 0) is 18.6 Å². The molecule has 1 nitrogen and oxygen atoms in total. The maximum atomic E-state index is 8.38. The van der Waals surface area contributed by atoms with Crippen LogP contribution in [0.2, 0.25) is 0 Å². The molecule has 0 atom stereocenters. The van der Waals surface area contributed by atoms with Crippen LogP contribution in [0.15, 0.2) is 12.7 Å². The number of aliphatic hydroxyl groups is 1. The van der Waals surface area contributed by atoms with E-state index in [1.54, 1.807) is 11.8 Å². The smallest absolute Gasteiger partial charge is 0.0521 e. The fourth-order valence-electron chi connectivity index (χ4n) is 0.496. The van der Waals surface area contributed by atoms with Crippen molar-refractivity contribution in [2.45, 2.75) is 12.8 Å². The lowest BCUT2D eigenvalue weighted by Crippen LogP contribution is -1.87. The van der Waals surface area contributed by atoms with Gasteiger partial charge in [-0.1, -0.05) is 6.08 Å². The molecule has 0 aromatic heterocycles. The third kappa shape index (κ3) is 8.05. The van der Waals surface area contributed by atoms with E-state index in [-0.39, 0.29) is 0 Å². The van der Waals surface area contributed by atoms with Gasteiger partial charge >= 0.3 is 0 Å². The van der Waals surface area contributed by atoms with Crippen LogP contribution >= 0.6 is 11.8 Å². The highest BCUT2D eigenvalue weighted by atomic mass is 32.2. The number of aliphatic hydroxyl groups excluding tert-OH is 1. The zero-order chi connectivity index (χ0) is 6.95. The van der Waals surface area contributed by atoms with E-state index < -0.39 is 0 Å². The molecule has 0 aliphatic heterocycles. The molecule has 0 spiro atoms. The van der Waals surface area contributed by atoms with Gasteiger partial charge in [0.15, 0.2) is 0 Å². The molecule has 0 amide bonds. The summed E-state index contributed by atoms with van der Waals surface area (Å²) in [7, 11) is 0. The van der Waals surface area contributed by atoms with Gasteiger partial charge in [0.05, 0.1) is 6.61 Å². The third-order valence-electron chi connectivity index (χ3n) is 0.933. The van der Waals surface area contributed by atoms with E-state index in [1.165, 1.54) is 6.42 Å². The topological polar surface area (TPSA) is 20.2 Å². The lowest BCUT2D eigenvalue weighted by molar-refractivity contribution is 0.322. The van der Waals surface area contributed by atoms with E-state index in [9.17, 15) is 0 Å². The van der Waals surface area contributed by atoms with Crippen LogP contribution in [0.5, 0.6) is 0 Å². The molecule has 0 aliphatic rings. The molecule has 0 fully saturated rings. The van der Waals surface area contributed by atoms with Crippen molar-refractivity contribution in [1.82, 2.24) is 0 Å². The van der Waals surface area contributed by atoms with Crippen LogP contribution in [0, 0.1) is 0 Å². The average Bonchev–Trinajstić information content (AvgIpc) is 1.89. The molecule has 0 aromatic rings. The minimum Gasteiger partial charge on any atom is -0.396 e. The Hall–Kier alpha value is 0.0500. The molecule has 0 unspecified atom stereocenters.